The number of allylic oxidation sites excluding steroid dienone is 2. The third-order valence-electron chi connectivity index (χ3n) is 5.98. The summed E-state index contributed by atoms with van der Waals surface area (Å²) in [5.41, 5.74) is 4.45. The molecule has 1 N–H and O–H groups in total. The number of hydrogen-bond acceptors (Lipinski definition) is 4. The van der Waals surface area contributed by atoms with Gasteiger partial charge in [-0.25, -0.2) is 4.79 Å². The van der Waals surface area contributed by atoms with E-state index in [1.165, 1.54) is 0 Å². The standard InChI is InChI=1S/C27H26BrN5O/c1-2-21-6-3-4-8-24(21)26(25-9-5-7-22(28)19-30-25)32-14-16-33(17-15-32)27(34)31-23-12-10-20(18-29)11-13-23/h2-6,8-13,19,26H,1,7,14-17H2,(H,31,34). The molecule has 34 heavy (non-hydrogen) atoms. The largest absolute Gasteiger partial charge is 0.322 e. The van der Waals surface area contributed by atoms with E-state index in [2.05, 4.69) is 63.1 Å². The normalized spacial score (nSPS) is 17.1. The predicted molar refractivity (Wildman–Crippen MR) is 141 cm³/mol. The molecule has 2 aromatic rings. The third kappa shape index (κ3) is 5.53. The number of rotatable bonds is 5. The Kier molecular flexibility index (Phi) is 7.73. The average Bonchev–Trinajstić information content (AvgIpc) is 3.09. The monoisotopic (exact) mass is 515 g/mol. The molecule has 1 saturated heterocycles. The second-order valence-corrected chi connectivity index (χ2v) is 9.13. The lowest BCUT2D eigenvalue weighted by atomic mass is 9.94. The van der Waals surface area contributed by atoms with Gasteiger partial charge in [0.2, 0.25) is 0 Å². The van der Waals surface area contributed by atoms with Crippen molar-refractivity contribution in [2.24, 2.45) is 4.99 Å². The van der Waals surface area contributed by atoms with Crippen molar-refractivity contribution in [1.29, 1.82) is 5.26 Å². The number of nitrogens with one attached hydrogen (secondary N) is 1. The van der Waals surface area contributed by atoms with E-state index >= 15 is 0 Å². The summed E-state index contributed by atoms with van der Waals surface area (Å²) in [5.74, 6) is 0. The molecule has 2 aliphatic rings. The summed E-state index contributed by atoms with van der Waals surface area (Å²) >= 11 is 3.56. The van der Waals surface area contributed by atoms with Gasteiger partial charge in [0, 0.05) is 42.5 Å². The molecule has 0 radical (unpaired) electrons. The number of piperazine rings is 1. The van der Waals surface area contributed by atoms with Crippen LogP contribution in [0.2, 0.25) is 0 Å². The highest BCUT2D eigenvalue weighted by Crippen LogP contribution is 2.30. The van der Waals surface area contributed by atoms with Crippen LogP contribution < -0.4 is 5.32 Å². The molecular formula is C27H26BrN5O. The molecule has 2 amide bonds. The highest BCUT2D eigenvalue weighted by molar-refractivity contribution is 9.11. The Labute approximate surface area is 208 Å². The molecule has 1 atom stereocenters. The third-order valence-corrected chi connectivity index (χ3v) is 6.51. The number of carbonyl (C=O) groups is 1. The fourth-order valence-corrected chi connectivity index (χ4v) is 4.49. The zero-order chi connectivity index (χ0) is 23.9. The summed E-state index contributed by atoms with van der Waals surface area (Å²) in [5, 5.41) is 11.9. The molecule has 172 valence electrons. The maximum absolute atomic E-state index is 12.8. The van der Waals surface area contributed by atoms with Crippen LogP contribution in [0, 0.1) is 11.3 Å². The van der Waals surface area contributed by atoms with Crippen molar-refractivity contribution in [3.63, 3.8) is 0 Å². The van der Waals surface area contributed by atoms with Crippen LogP contribution in [0.1, 0.15) is 29.2 Å². The molecule has 1 unspecified atom stereocenters. The van der Waals surface area contributed by atoms with Crippen molar-refractivity contribution in [2.45, 2.75) is 12.5 Å². The fourth-order valence-electron chi connectivity index (χ4n) is 4.20. The molecule has 0 saturated carbocycles. The van der Waals surface area contributed by atoms with Crippen LogP contribution in [0.4, 0.5) is 10.5 Å². The van der Waals surface area contributed by atoms with E-state index in [4.69, 9.17) is 10.3 Å². The van der Waals surface area contributed by atoms with Gasteiger partial charge in [0.05, 0.1) is 23.4 Å². The Morgan fingerprint density at radius 3 is 2.59 bits per heavy atom. The fraction of sp³-hybridized carbons (Fsp3) is 0.222. The Bertz CT molecular complexity index is 1180. The molecule has 0 bridgehead atoms. The van der Waals surface area contributed by atoms with Gasteiger partial charge >= 0.3 is 6.03 Å². The van der Waals surface area contributed by atoms with Crippen LogP contribution in [-0.4, -0.2) is 47.7 Å². The molecule has 0 spiro atoms. The number of aliphatic imine (C=N–C) groups is 1. The van der Waals surface area contributed by atoms with Gasteiger partial charge in [-0.2, -0.15) is 5.26 Å². The maximum Gasteiger partial charge on any atom is 0.321 e. The number of benzene rings is 2. The molecule has 2 aromatic carbocycles. The van der Waals surface area contributed by atoms with Gasteiger partial charge in [-0.1, -0.05) is 58.9 Å². The molecule has 0 aromatic heterocycles. The number of hydrogen-bond donors (Lipinski definition) is 1. The summed E-state index contributed by atoms with van der Waals surface area (Å²) in [4.78, 5) is 21.8. The van der Waals surface area contributed by atoms with Gasteiger partial charge in [-0.05, 0) is 47.9 Å². The highest BCUT2D eigenvalue weighted by atomic mass is 79.9. The summed E-state index contributed by atoms with van der Waals surface area (Å²) in [6, 6.07) is 17.1. The first-order valence-corrected chi connectivity index (χ1v) is 12.0. The molecular weight excluding hydrogens is 490 g/mol. The van der Waals surface area contributed by atoms with Crippen LogP contribution >= 0.6 is 15.9 Å². The Hall–Kier alpha value is -3.47. The number of amides is 2. The number of nitrogens with zero attached hydrogens (tertiary/aromatic N) is 4. The van der Waals surface area contributed by atoms with Crippen LogP contribution in [0.5, 0.6) is 0 Å². The van der Waals surface area contributed by atoms with Gasteiger partial charge in [-0.15, -0.1) is 0 Å². The topological polar surface area (TPSA) is 71.7 Å². The van der Waals surface area contributed by atoms with Crippen LogP contribution in [0.15, 0.2) is 82.9 Å². The smallest absolute Gasteiger partial charge is 0.321 e. The number of urea groups is 1. The molecule has 4 rings (SSSR count). The Balaban J connectivity index is 1.51. The van der Waals surface area contributed by atoms with Crippen molar-refractivity contribution in [3.05, 3.63) is 94.6 Å². The summed E-state index contributed by atoms with van der Waals surface area (Å²) in [6.07, 6.45) is 8.79. The van der Waals surface area contributed by atoms with Crippen molar-refractivity contribution < 1.29 is 4.79 Å². The first kappa shape index (κ1) is 23.7. The van der Waals surface area contributed by atoms with Gasteiger partial charge in [0.1, 0.15) is 0 Å². The first-order chi connectivity index (χ1) is 16.6. The first-order valence-electron chi connectivity index (χ1n) is 11.2. The lowest BCUT2D eigenvalue weighted by molar-refractivity contribution is 0.134. The van der Waals surface area contributed by atoms with Gasteiger partial charge in [0.25, 0.3) is 0 Å². The zero-order valence-corrected chi connectivity index (χ0v) is 20.4. The average molecular weight is 516 g/mol. The number of nitriles is 1. The number of carbonyl (C=O) groups excluding carboxylic acids is 1. The maximum atomic E-state index is 12.8. The molecule has 6 nitrogen and oxygen atoms in total. The lowest BCUT2D eigenvalue weighted by Crippen LogP contribution is -2.52. The second kappa shape index (κ2) is 11.1. The van der Waals surface area contributed by atoms with Crippen molar-refractivity contribution in [2.75, 3.05) is 31.5 Å². The van der Waals surface area contributed by atoms with E-state index < -0.39 is 0 Å². The minimum Gasteiger partial charge on any atom is -0.322 e. The number of halogens is 1. The quantitative estimate of drug-likeness (QED) is 0.552. The molecule has 2 aliphatic heterocycles. The van der Waals surface area contributed by atoms with Crippen LogP contribution in [0.25, 0.3) is 6.08 Å². The predicted octanol–water partition coefficient (Wildman–Crippen LogP) is 5.73. The Morgan fingerprint density at radius 2 is 1.88 bits per heavy atom. The zero-order valence-electron chi connectivity index (χ0n) is 18.8. The highest BCUT2D eigenvalue weighted by Gasteiger charge is 2.30. The molecule has 7 heteroatoms. The number of anilines is 1. The van der Waals surface area contributed by atoms with Gasteiger partial charge in [0.15, 0.2) is 0 Å². The second-order valence-electron chi connectivity index (χ2n) is 8.11. The van der Waals surface area contributed by atoms with Crippen LogP contribution in [0.3, 0.4) is 0 Å². The summed E-state index contributed by atoms with van der Waals surface area (Å²) < 4.78 is 1.04. The Morgan fingerprint density at radius 1 is 1.15 bits per heavy atom. The van der Waals surface area contributed by atoms with E-state index in [1.807, 2.05) is 29.3 Å². The summed E-state index contributed by atoms with van der Waals surface area (Å²) in [7, 11) is 0. The molecule has 2 heterocycles. The van der Waals surface area contributed by atoms with E-state index in [1.54, 1.807) is 24.3 Å². The summed E-state index contributed by atoms with van der Waals surface area (Å²) in [6.45, 7) is 6.65. The lowest BCUT2D eigenvalue weighted by Gasteiger charge is -2.39. The minimum absolute atomic E-state index is 0.0381. The SMILES string of the molecule is C=Cc1ccccc1C(C1=NC=C(Br)CC=C1)N1CCN(C(=O)Nc2ccc(C#N)cc2)CC1. The van der Waals surface area contributed by atoms with Crippen LogP contribution in [-0.2, 0) is 0 Å². The van der Waals surface area contributed by atoms with Crippen molar-refractivity contribution in [3.8, 4) is 6.07 Å². The van der Waals surface area contributed by atoms with Crippen molar-refractivity contribution >= 4 is 39.4 Å². The molecule has 1 fully saturated rings. The van der Waals surface area contributed by atoms with Gasteiger partial charge in [-0.3, -0.25) is 9.89 Å². The van der Waals surface area contributed by atoms with E-state index in [9.17, 15) is 4.79 Å². The molecule has 0 aliphatic carbocycles. The van der Waals surface area contributed by atoms with E-state index in [-0.39, 0.29) is 12.1 Å². The van der Waals surface area contributed by atoms with Crippen molar-refractivity contribution in [1.82, 2.24) is 9.80 Å². The van der Waals surface area contributed by atoms with E-state index in [0.29, 0.717) is 37.4 Å². The van der Waals surface area contributed by atoms with Gasteiger partial charge < -0.3 is 10.2 Å². The van der Waals surface area contributed by atoms with E-state index in [0.717, 1.165) is 27.7 Å². The minimum atomic E-state index is -0.133.